The fourth-order valence-corrected chi connectivity index (χ4v) is 2.51. The van der Waals surface area contributed by atoms with Crippen molar-refractivity contribution < 1.29 is 9.84 Å². The number of rotatable bonds is 1. The van der Waals surface area contributed by atoms with Gasteiger partial charge in [0.15, 0.2) is 0 Å². The van der Waals surface area contributed by atoms with Crippen LogP contribution in [0.2, 0.25) is 0 Å². The highest BCUT2D eigenvalue weighted by Crippen LogP contribution is 2.47. The van der Waals surface area contributed by atoms with Gasteiger partial charge in [-0.3, -0.25) is 0 Å². The van der Waals surface area contributed by atoms with Gasteiger partial charge in [0.25, 0.3) is 0 Å². The van der Waals surface area contributed by atoms with Crippen molar-refractivity contribution in [2.75, 3.05) is 6.61 Å². The fraction of sp³-hybridized carbons (Fsp3) is 1.00. The third kappa shape index (κ3) is 1.30. The van der Waals surface area contributed by atoms with E-state index in [1.54, 1.807) is 0 Å². The summed E-state index contributed by atoms with van der Waals surface area (Å²) in [6.45, 7) is 4.28. The van der Waals surface area contributed by atoms with Crippen LogP contribution in [0.3, 0.4) is 0 Å². The van der Waals surface area contributed by atoms with Crippen LogP contribution in [0.1, 0.15) is 39.5 Å². The maximum atomic E-state index is 10.0. The predicted molar refractivity (Wildman–Crippen MR) is 50.4 cm³/mol. The van der Waals surface area contributed by atoms with Gasteiger partial charge in [-0.25, -0.2) is 0 Å². The third-order valence-electron chi connectivity index (χ3n) is 3.80. The van der Waals surface area contributed by atoms with E-state index >= 15 is 0 Å². The zero-order valence-electron chi connectivity index (χ0n) is 8.47. The van der Waals surface area contributed by atoms with Gasteiger partial charge >= 0.3 is 0 Å². The number of aliphatic hydroxyl groups is 1. The first kappa shape index (κ1) is 9.44. The number of ether oxygens (including phenoxy) is 1. The van der Waals surface area contributed by atoms with Crippen LogP contribution in [-0.4, -0.2) is 28.5 Å². The lowest BCUT2D eigenvalue weighted by molar-refractivity contribution is -0.233. The summed E-state index contributed by atoms with van der Waals surface area (Å²) in [5, 5.41) is 10.0. The van der Waals surface area contributed by atoms with Crippen molar-refractivity contribution >= 4 is 0 Å². The monoisotopic (exact) mass is 185 g/mol. The quantitative estimate of drug-likeness (QED) is 0.635. The van der Waals surface area contributed by atoms with Crippen molar-refractivity contribution in [2.45, 2.75) is 56.3 Å². The number of nitrogens with two attached hydrogens (primary N) is 1. The molecular formula is C10H19NO2. The van der Waals surface area contributed by atoms with Crippen LogP contribution in [0.5, 0.6) is 0 Å². The maximum absolute atomic E-state index is 10.0. The van der Waals surface area contributed by atoms with Gasteiger partial charge in [0.05, 0.1) is 17.8 Å². The Morgan fingerprint density at radius 1 is 1.23 bits per heavy atom. The molecule has 13 heavy (non-hydrogen) atoms. The summed E-state index contributed by atoms with van der Waals surface area (Å²) in [5.41, 5.74) is 4.92. The molecule has 2 aliphatic heterocycles. The van der Waals surface area contributed by atoms with Crippen molar-refractivity contribution in [1.29, 1.82) is 0 Å². The Bertz CT molecular complexity index is 195. The van der Waals surface area contributed by atoms with Crippen molar-refractivity contribution in [2.24, 2.45) is 5.73 Å². The molecule has 76 valence electrons. The van der Waals surface area contributed by atoms with Crippen LogP contribution in [0.15, 0.2) is 0 Å². The number of fused-ring (bicyclic) bond motifs is 3. The van der Waals surface area contributed by atoms with Crippen LogP contribution in [-0.2, 0) is 4.74 Å². The van der Waals surface area contributed by atoms with Gasteiger partial charge in [0.2, 0.25) is 0 Å². The van der Waals surface area contributed by atoms with E-state index in [1.807, 2.05) is 13.8 Å². The van der Waals surface area contributed by atoms with Gasteiger partial charge in [-0.2, -0.15) is 0 Å². The maximum Gasteiger partial charge on any atom is 0.0964 e. The van der Waals surface area contributed by atoms with E-state index in [1.165, 1.54) is 0 Å². The van der Waals surface area contributed by atoms with E-state index in [4.69, 9.17) is 10.5 Å². The second-order valence-electron chi connectivity index (χ2n) is 5.20. The Morgan fingerprint density at radius 2 is 1.77 bits per heavy atom. The summed E-state index contributed by atoms with van der Waals surface area (Å²) < 4.78 is 5.76. The zero-order chi connectivity index (χ0) is 9.74. The molecule has 2 saturated heterocycles. The van der Waals surface area contributed by atoms with E-state index in [0.29, 0.717) is 6.61 Å². The smallest absolute Gasteiger partial charge is 0.0964 e. The van der Waals surface area contributed by atoms with Gasteiger partial charge in [0.1, 0.15) is 0 Å². The molecule has 0 aromatic heterocycles. The first-order valence-electron chi connectivity index (χ1n) is 5.02. The Labute approximate surface area is 79.3 Å². The first-order chi connectivity index (χ1) is 5.87. The summed E-state index contributed by atoms with van der Waals surface area (Å²) in [7, 11) is 0. The van der Waals surface area contributed by atoms with Gasteiger partial charge in [-0.05, 0) is 39.5 Å². The summed E-state index contributed by atoms with van der Waals surface area (Å²) >= 11 is 0. The summed E-state index contributed by atoms with van der Waals surface area (Å²) in [6.07, 6.45) is 3.76. The molecule has 0 radical (unpaired) electrons. The minimum absolute atomic E-state index is 0.104. The number of hydrogen-bond donors (Lipinski definition) is 2. The van der Waals surface area contributed by atoms with Gasteiger partial charge in [-0.15, -0.1) is 0 Å². The Kier molecular flexibility index (Phi) is 1.79. The van der Waals surface area contributed by atoms with E-state index < -0.39 is 5.60 Å². The Balaban J connectivity index is 2.20. The molecule has 0 atom stereocenters. The van der Waals surface area contributed by atoms with Crippen molar-refractivity contribution in [3.05, 3.63) is 0 Å². The highest BCUT2D eigenvalue weighted by atomic mass is 16.5. The molecule has 3 nitrogen and oxygen atoms in total. The number of hydrogen-bond acceptors (Lipinski definition) is 3. The lowest BCUT2D eigenvalue weighted by Gasteiger charge is -2.56. The molecular weight excluding hydrogens is 166 g/mol. The molecule has 2 heterocycles. The average molecular weight is 185 g/mol. The second-order valence-corrected chi connectivity index (χ2v) is 5.20. The minimum Gasteiger partial charge on any atom is -0.387 e. The molecule has 3 heteroatoms. The van der Waals surface area contributed by atoms with Crippen LogP contribution < -0.4 is 5.73 Å². The van der Waals surface area contributed by atoms with Crippen LogP contribution in [0, 0.1) is 0 Å². The summed E-state index contributed by atoms with van der Waals surface area (Å²) in [4.78, 5) is 0. The fourth-order valence-electron chi connectivity index (χ4n) is 2.51. The molecule has 0 spiro atoms. The molecule has 0 aromatic rings. The average Bonchev–Trinajstić information content (AvgIpc) is 2.04. The summed E-state index contributed by atoms with van der Waals surface area (Å²) in [5.74, 6) is 0. The van der Waals surface area contributed by atoms with Crippen molar-refractivity contribution in [3.8, 4) is 0 Å². The highest BCUT2D eigenvalue weighted by Gasteiger charge is 2.54. The standard InChI is InChI=1S/C10H19NO2/c1-8(2,12)10-5-3-9(11,4-6-10)7-13-10/h12H,3-7,11H2,1-2H3. The van der Waals surface area contributed by atoms with Gasteiger partial charge < -0.3 is 15.6 Å². The SMILES string of the molecule is CC(C)(O)C12CCC(N)(CC1)CO2. The van der Waals surface area contributed by atoms with Gasteiger partial charge in [-0.1, -0.05) is 0 Å². The minimum atomic E-state index is -0.741. The van der Waals surface area contributed by atoms with E-state index in [9.17, 15) is 5.11 Å². The molecule has 0 unspecified atom stereocenters. The van der Waals surface area contributed by atoms with E-state index in [0.717, 1.165) is 25.7 Å². The largest absolute Gasteiger partial charge is 0.387 e. The molecule has 3 aliphatic rings. The molecule has 1 aliphatic carbocycles. The molecule has 1 saturated carbocycles. The van der Waals surface area contributed by atoms with E-state index in [2.05, 4.69) is 0 Å². The van der Waals surface area contributed by atoms with Gasteiger partial charge in [0, 0.05) is 5.54 Å². The van der Waals surface area contributed by atoms with Crippen molar-refractivity contribution in [1.82, 2.24) is 0 Å². The highest BCUT2D eigenvalue weighted by molar-refractivity contribution is 5.08. The van der Waals surface area contributed by atoms with Crippen molar-refractivity contribution in [3.63, 3.8) is 0 Å². The predicted octanol–water partition coefficient (Wildman–Crippen LogP) is 0.798. The molecule has 0 amide bonds. The Morgan fingerprint density at radius 3 is 2.08 bits per heavy atom. The topological polar surface area (TPSA) is 55.5 Å². The van der Waals surface area contributed by atoms with Crippen LogP contribution >= 0.6 is 0 Å². The Hall–Kier alpha value is -0.120. The molecule has 3 fully saturated rings. The van der Waals surface area contributed by atoms with Crippen LogP contribution in [0.25, 0.3) is 0 Å². The first-order valence-corrected chi connectivity index (χ1v) is 5.02. The zero-order valence-corrected chi connectivity index (χ0v) is 8.47. The lowest BCUT2D eigenvalue weighted by Crippen LogP contribution is -2.66. The molecule has 2 bridgehead atoms. The third-order valence-corrected chi connectivity index (χ3v) is 3.80. The molecule has 3 N–H and O–H groups in total. The molecule has 3 rings (SSSR count). The normalized spacial score (nSPS) is 45.2. The van der Waals surface area contributed by atoms with E-state index in [-0.39, 0.29) is 11.1 Å². The second kappa shape index (κ2) is 2.47. The van der Waals surface area contributed by atoms with Crippen LogP contribution in [0.4, 0.5) is 0 Å². The summed E-state index contributed by atoms with van der Waals surface area (Å²) in [6, 6.07) is 0. The lowest BCUT2D eigenvalue weighted by atomic mass is 9.66. The molecule has 0 aromatic carbocycles.